The molecule has 0 saturated carbocycles. The van der Waals surface area contributed by atoms with E-state index in [2.05, 4.69) is 4.18 Å². The summed E-state index contributed by atoms with van der Waals surface area (Å²) in [6, 6.07) is 11.3. The number of rotatable bonds is 6. The Morgan fingerprint density at radius 2 is 1.75 bits per heavy atom. The topological polar surface area (TPSA) is 129 Å². The van der Waals surface area contributed by atoms with Gasteiger partial charge >= 0.3 is 59.1 Å². The predicted octanol–water partition coefficient (Wildman–Crippen LogP) is -4.47. The molecular formula is C17H12Na2O8S. The molecule has 2 aromatic carbocycles. The molecule has 0 bridgehead atoms. The van der Waals surface area contributed by atoms with E-state index >= 15 is 0 Å². The van der Waals surface area contributed by atoms with Crippen LogP contribution in [0.2, 0.25) is 0 Å². The molecule has 0 spiro atoms. The maximum atomic E-state index is 11.3. The molecule has 0 aliphatic carbocycles. The van der Waals surface area contributed by atoms with Crippen LogP contribution in [0.15, 0.2) is 46.9 Å². The molecule has 0 unspecified atom stereocenters. The van der Waals surface area contributed by atoms with Gasteiger partial charge in [-0.05, 0) is 18.6 Å². The summed E-state index contributed by atoms with van der Waals surface area (Å²) in [6.07, 6.45) is 0. The van der Waals surface area contributed by atoms with Crippen molar-refractivity contribution in [2.45, 2.75) is 13.5 Å². The van der Waals surface area contributed by atoms with Gasteiger partial charge in [0, 0.05) is 17.0 Å². The maximum absolute atomic E-state index is 11.3. The molecule has 0 fully saturated rings. The number of benzene rings is 2. The third-order valence-corrected chi connectivity index (χ3v) is 3.95. The molecule has 0 aliphatic heterocycles. The Balaban J connectivity index is 0.00000196. The van der Waals surface area contributed by atoms with E-state index in [0.29, 0.717) is 0 Å². The standard InChI is InChI=1S/C17H14O8S.2Na/c1-10-16(17(18)19)12-7-15(25-26(20,21)22)14(8-13(12)24-10)23-9-11-5-3-2-4-6-11;;/h2-8H,9H2,1H3,(H,18,19)(H,20,21,22);;/q;2*+1/p-2. The number of ether oxygens (including phenoxy) is 1. The third-order valence-electron chi connectivity index (χ3n) is 3.56. The molecule has 0 saturated heterocycles. The Bertz CT molecular complexity index is 1080. The molecule has 136 valence electrons. The second-order valence-corrected chi connectivity index (χ2v) is 6.36. The fraction of sp³-hybridized carbons (Fsp3) is 0.118. The number of carbonyl (C=O) groups is 1. The van der Waals surface area contributed by atoms with Gasteiger partial charge in [-0.1, -0.05) is 30.3 Å². The van der Waals surface area contributed by atoms with Crippen LogP contribution in [0.25, 0.3) is 11.0 Å². The first kappa shape index (κ1) is 25.0. The van der Waals surface area contributed by atoms with Crippen molar-refractivity contribution >= 4 is 27.3 Å². The van der Waals surface area contributed by atoms with Crippen molar-refractivity contribution in [2.75, 3.05) is 0 Å². The van der Waals surface area contributed by atoms with E-state index in [1.807, 2.05) is 6.07 Å². The fourth-order valence-electron chi connectivity index (χ4n) is 2.50. The van der Waals surface area contributed by atoms with Crippen molar-refractivity contribution < 1.29 is 95.3 Å². The minimum Gasteiger partial charge on any atom is -0.716 e. The SMILES string of the molecule is Cc1oc2cc(OCc3ccccc3)c(OS(=O)(=O)[O-])cc2c1C(=O)[O-].[Na+].[Na+]. The van der Waals surface area contributed by atoms with Crippen LogP contribution in [0.5, 0.6) is 11.5 Å². The van der Waals surface area contributed by atoms with E-state index in [0.717, 1.165) is 11.6 Å². The summed E-state index contributed by atoms with van der Waals surface area (Å²) in [7, 11) is -5.10. The average molecular weight is 422 g/mol. The van der Waals surface area contributed by atoms with Crippen molar-refractivity contribution in [3.63, 3.8) is 0 Å². The number of hydrogen-bond donors (Lipinski definition) is 0. The number of aryl methyl sites for hydroxylation is 1. The average Bonchev–Trinajstić information content (AvgIpc) is 2.87. The summed E-state index contributed by atoms with van der Waals surface area (Å²) in [5.74, 6) is -1.96. The van der Waals surface area contributed by atoms with Crippen LogP contribution in [0.1, 0.15) is 21.7 Å². The van der Waals surface area contributed by atoms with Crippen LogP contribution in [-0.2, 0) is 17.0 Å². The molecule has 0 amide bonds. The van der Waals surface area contributed by atoms with Gasteiger partial charge in [0.05, 0.1) is 5.97 Å². The van der Waals surface area contributed by atoms with E-state index < -0.39 is 22.1 Å². The first-order valence-corrected chi connectivity index (χ1v) is 8.68. The summed E-state index contributed by atoms with van der Waals surface area (Å²) in [6.45, 7) is 1.48. The second kappa shape index (κ2) is 10.1. The summed E-state index contributed by atoms with van der Waals surface area (Å²) >= 11 is 0. The third kappa shape index (κ3) is 5.98. The Morgan fingerprint density at radius 1 is 1.11 bits per heavy atom. The van der Waals surface area contributed by atoms with E-state index in [4.69, 9.17) is 9.15 Å². The number of furan rings is 1. The second-order valence-electron chi connectivity index (χ2n) is 5.38. The van der Waals surface area contributed by atoms with Gasteiger partial charge in [0.2, 0.25) is 0 Å². The number of aromatic carboxylic acids is 1. The molecule has 0 N–H and O–H groups in total. The minimum absolute atomic E-state index is 0. The van der Waals surface area contributed by atoms with Crippen LogP contribution < -0.4 is 73.1 Å². The quantitative estimate of drug-likeness (QED) is 0.221. The zero-order valence-electron chi connectivity index (χ0n) is 15.4. The summed E-state index contributed by atoms with van der Waals surface area (Å²) in [5, 5.41) is 11.3. The Labute approximate surface area is 205 Å². The molecule has 28 heavy (non-hydrogen) atoms. The summed E-state index contributed by atoms with van der Waals surface area (Å²) in [4.78, 5) is 11.3. The molecule has 0 radical (unpaired) electrons. The van der Waals surface area contributed by atoms with Crippen LogP contribution in [0, 0.1) is 6.92 Å². The first-order valence-electron chi connectivity index (χ1n) is 7.35. The van der Waals surface area contributed by atoms with Crippen molar-refractivity contribution in [3.05, 3.63) is 59.4 Å². The van der Waals surface area contributed by atoms with Gasteiger partial charge in [-0.15, -0.1) is 0 Å². The molecule has 0 atom stereocenters. The van der Waals surface area contributed by atoms with Crippen molar-refractivity contribution in [1.82, 2.24) is 0 Å². The maximum Gasteiger partial charge on any atom is 1.00 e. The van der Waals surface area contributed by atoms with E-state index in [9.17, 15) is 22.9 Å². The van der Waals surface area contributed by atoms with Crippen LogP contribution in [0.4, 0.5) is 0 Å². The smallest absolute Gasteiger partial charge is 0.716 e. The summed E-state index contributed by atoms with van der Waals surface area (Å²) < 4.78 is 48.3. The monoisotopic (exact) mass is 422 g/mol. The van der Waals surface area contributed by atoms with Gasteiger partial charge in [-0.3, -0.25) is 0 Å². The van der Waals surface area contributed by atoms with E-state index in [-0.39, 0.29) is 93.8 Å². The Kier molecular flexibility index (Phi) is 9.04. The number of carboxylic acid groups (broad SMARTS) is 1. The fourth-order valence-corrected chi connectivity index (χ4v) is 2.85. The zero-order chi connectivity index (χ0) is 18.9. The zero-order valence-corrected chi connectivity index (χ0v) is 20.2. The van der Waals surface area contributed by atoms with Crippen LogP contribution >= 0.6 is 0 Å². The van der Waals surface area contributed by atoms with Gasteiger partial charge in [0.25, 0.3) is 10.4 Å². The van der Waals surface area contributed by atoms with Crippen molar-refractivity contribution in [3.8, 4) is 11.5 Å². The number of fused-ring (bicyclic) bond motifs is 1. The number of carboxylic acids is 1. The molecule has 0 aliphatic rings. The van der Waals surface area contributed by atoms with Gasteiger partial charge in [0.15, 0.2) is 11.5 Å². The van der Waals surface area contributed by atoms with Crippen LogP contribution in [-0.4, -0.2) is 18.9 Å². The van der Waals surface area contributed by atoms with Crippen LogP contribution in [0.3, 0.4) is 0 Å². The normalized spacial score (nSPS) is 10.6. The van der Waals surface area contributed by atoms with Gasteiger partial charge in [0.1, 0.15) is 18.0 Å². The molecule has 1 heterocycles. The largest absolute Gasteiger partial charge is 1.00 e. The molecule has 8 nitrogen and oxygen atoms in total. The first-order chi connectivity index (χ1) is 12.2. The Hall–Kier alpha value is -1.04. The molecule has 1 aromatic heterocycles. The summed E-state index contributed by atoms with van der Waals surface area (Å²) in [5.41, 5.74) is 0.651. The van der Waals surface area contributed by atoms with Crippen molar-refractivity contribution in [2.24, 2.45) is 0 Å². The van der Waals surface area contributed by atoms with Gasteiger partial charge < -0.3 is 27.8 Å². The number of carbonyl (C=O) groups excluding carboxylic acids is 1. The Morgan fingerprint density at radius 3 is 2.32 bits per heavy atom. The molecule has 3 aromatic rings. The van der Waals surface area contributed by atoms with Crippen molar-refractivity contribution in [1.29, 1.82) is 0 Å². The van der Waals surface area contributed by atoms with E-state index in [1.54, 1.807) is 24.3 Å². The molecular weight excluding hydrogens is 410 g/mol. The minimum atomic E-state index is -5.10. The molecule has 3 rings (SSSR count). The molecule has 11 heteroatoms. The predicted molar refractivity (Wildman–Crippen MR) is 86.4 cm³/mol. The number of hydrogen-bond acceptors (Lipinski definition) is 8. The van der Waals surface area contributed by atoms with Gasteiger partial charge in [-0.25, -0.2) is 8.42 Å². The van der Waals surface area contributed by atoms with Gasteiger partial charge in [-0.2, -0.15) is 0 Å². The van der Waals surface area contributed by atoms with E-state index in [1.165, 1.54) is 13.0 Å².